The average Bonchev–Trinajstić information content (AvgIpc) is 4.03. The third-order valence-corrected chi connectivity index (χ3v) is 16.5. The number of hydrogen-bond donors (Lipinski definition) is 0. The molecule has 0 N–H and O–H groups in total. The second-order valence-electron chi connectivity index (χ2n) is 17.7. The van der Waals surface area contributed by atoms with E-state index in [-0.39, 0.29) is 25.9 Å². The molecule has 0 aliphatic carbocycles. The molecular weight excluding hydrogens is 1070 g/mol. The summed E-state index contributed by atoms with van der Waals surface area (Å²) in [7, 11) is 0. The second-order valence-corrected chi connectivity index (χ2v) is 28.4. The van der Waals surface area contributed by atoms with Gasteiger partial charge in [-0.1, -0.05) is 95.9 Å². The van der Waals surface area contributed by atoms with Gasteiger partial charge in [0.25, 0.3) is 0 Å². The van der Waals surface area contributed by atoms with Crippen LogP contribution in [0.2, 0.25) is 17.3 Å². The molecule has 12 rings (SSSR count). The maximum absolute atomic E-state index is 16.0. The number of benzene rings is 7. The molecular formula is C58H43FGeIrN4O2-2. The van der Waals surface area contributed by atoms with Gasteiger partial charge < -0.3 is 8.98 Å². The van der Waals surface area contributed by atoms with E-state index in [9.17, 15) is 0 Å². The first-order valence-corrected chi connectivity index (χ1v) is 29.4. The van der Waals surface area contributed by atoms with Gasteiger partial charge in [0.05, 0.1) is 28.1 Å². The van der Waals surface area contributed by atoms with Crippen LogP contribution in [0.3, 0.4) is 0 Å². The first kappa shape index (κ1) is 43.9. The molecule has 0 saturated heterocycles. The summed E-state index contributed by atoms with van der Waals surface area (Å²) in [4.78, 5) is 14.2. The SMILES string of the molecule is Cc1ccc2c(n1)oc1c(-c3cc[c]([Ge]([CH3])([CH3])[CH3])cn3)[c-]ccc12.Cc1ccccc1-c1ccc2c(c1)oc1c(-c3nc4ccccc4n3-c3ccc(-c4ccccc4)cc3F)[c-]ccc12.[Ir]. The smallest absolute Gasteiger partial charge is 0.147 e. The van der Waals surface area contributed by atoms with Gasteiger partial charge in [-0.2, -0.15) is 0 Å². The van der Waals surface area contributed by atoms with Crippen LogP contribution in [0.25, 0.3) is 106 Å². The molecule has 0 aliphatic rings. The molecule has 0 fully saturated rings. The van der Waals surface area contributed by atoms with Gasteiger partial charge >= 0.3 is 144 Å². The Labute approximate surface area is 403 Å². The van der Waals surface area contributed by atoms with E-state index in [1.165, 1.54) is 15.5 Å². The van der Waals surface area contributed by atoms with Crippen LogP contribution in [0, 0.1) is 31.8 Å². The Morgan fingerprint density at radius 3 is 2.06 bits per heavy atom. The number of fused-ring (bicyclic) bond motifs is 7. The van der Waals surface area contributed by atoms with Crippen LogP contribution in [-0.2, 0) is 20.1 Å². The van der Waals surface area contributed by atoms with E-state index in [0.29, 0.717) is 28.4 Å². The number of aromatic nitrogens is 4. The Morgan fingerprint density at radius 2 is 1.30 bits per heavy atom. The van der Waals surface area contributed by atoms with E-state index < -0.39 is 13.3 Å². The topological polar surface area (TPSA) is 69.9 Å². The van der Waals surface area contributed by atoms with Crippen molar-refractivity contribution in [1.29, 1.82) is 0 Å². The average molecular weight is 1110 g/mol. The third-order valence-electron chi connectivity index (χ3n) is 12.3. The van der Waals surface area contributed by atoms with Crippen LogP contribution in [0.5, 0.6) is 0 Å². The van der Waals surface area contributed by atoms with Gasteiger partial charge in [0, 0.05) is 25.5 Å². The van der Waals surface area contributed by atoms with E-state index in [2.05, 4.69) is 94.8 Å². The molecule has 67 heavy (non-hydrogen) atoms. The minimum absolute atomic E-state index is 0. The van der Waals surface area contributed by atoms with E-state index in [1.54, 1.807) is 6.07 Å². The van der Waals surface area contributed by atoms with Gasteiger partial charge in [0.2, 0.25) is 0 Å². The van der Waals surface area contributed by atoms with Gasteiger partial charge in [-0.05, 0) is 65.1 Å². The largest absolute Gasteiger partial charge is 0.501 e. The molecule has 0 bridgehead atoms. The van der Waals surface area contributed by atoms with Crippen molar-refractivity contribution in [2.45, 2.75) is 31.1 Å². The standard InChI is InChI=1S/C38H24FN2O.C20H19GeN2O.Ir/c1-24-10-5-6-13-28(24)27-18-20-29-30-14-9-15-31(37(30)42-36(29)23-27)38-40-33-16-7-8-17-35(33)41(38)34-21-19-26(22-32(34)39)25-11-3-2-4-12-25;1-13-8-10-16-15-6-5-7-17(19(15)24-20(16)23-13)18-11-9-14(12-22-18)21(2,3)4;/h2-14,16-23H,1H3;5-6,8-12H,1-4H3;/q2*-1;. The molecule has 0 saturated carbocycles. The first-order valence-electron chi connectivity index (χ1n) is 22.0. The Bertz CT molecular complexity index is 3800. The number of rotatable bonds is 6. The molecule has 1 radical (unpaired) electrons. The number of halogens is 1. The van der Waals surface area contributed by atoms with E-state index in [1.807, 2.05) is 127 Å². The fraction of sp³-hybridized carbons (Fsp3) is 0.0862. The van der Waals surface area contributed by atoms with Crippen molar-refractivity contribution in [3.05, 3.63) is 199 Å². The zero-order valence-electron chi connectivity index (χ0n) is 37.5. The van der Waals surface area contributed by atoms with Crippen LogP contribution in [0.15, 0.2) is 179 Å². The zero-order chi connectivity index (χ0) is 45.1. The summed E-state index contributed by atoms with van der Waals surface area (Å²) in [6, 6.07) is 60.5. The molecule has 7 aromatic carbocycles. The summed E-state index contributed by atoms with van der Waals surface area (Å²) < 4.78 is 31.8. The monoisotopic (exact) mass is 1110 g/mol. The summed E-state index contributed by atoms with van der Waals surface area (Å²) >= 11 is -1.85. The van der Waals surface area contributed by atoms with Crippen LogP contribution < -0.4 is 4.40 Å². The summed E-state index contributed by atoms with van der Waals surface area (Å²) in [5.74, 6) is 7.36. The fourth-order valence-electron chi connectivity index (χ4n) is 8.80. The minimum atomic E-state index is -1.85. The van der Waals surface area contributed by atoms with Crippen LogP contribution in [-0.4, -0.2) is 32.8 Å². The van der Waals surface area contributed by atoms with Crippen molar-refractivity contribution in [2.24, 2.45) is 0 Å². The van der Waals surface area contributed by atoms with Crippen LogP contribution in [0.1, 0.15) is 11.3 Å². The Kier molecular flexibility index (Phi) is 11.6. The third kappa shape index (κ3) is 8.09. The number of hydrogen-bond acceptors (Lipinski definition) is 5. The van der Waals surface area contributed by atoms with Crippen molar-refractivity contribution >= 4 is 72.7 Å². The second kappa shape index (κ2) is 17.7. The Balaban J connectivity index is 0.000000179. The van der Waals surface area contributed by atoms with Crippen molar-refractivity contribution < 1.29 is 33.3 Å². The number of pyridine rings is 2. The molecule has 9 heteroatoms. The number of nitrogens with zero attached hydrogens (tertiary/aromatic N) is 4. The van der Waals surface area contributed by atoms with Gasteiger partial charge in [-0.15, -0.1) is 18.2 Å². The summed E-state index contributed by atoms with van der Waals surface area (Å²) in [5.41, 5.74) is 13.6. The molecule has 329 valence electrons. The zero-order valence-corrected chi connectivity index (χ0v) is 42.0. The van der Waals surface area contributed by atoms with Gasteiger partial charge in [-0.3, -0.25) is 4.98 Å². The number of furan rings is 2. The van der Waals surface area contributed by atoms with E-state index in [0.717, 1.165) is 77.4 Å². The molecule has 6 nitrogen and oxygen atoms in total. The Hall–Kier alpha value is -6.97. The predicted octanol–water partition coefficient (Wildman–Crippen LogP) is 14.9. The predicted molar refractivity (Wildman–Crippen MR) is 269 cm³/mol. The van der Waals surface area contributed by atoms with E-state index in [4.69, 9.17) is 13.8 Å². The van der Waals surface area contributed by atoms with Crippen LogP contribution >= 0.6 is 0 Å². The molecule has 0 atom stereocenters. The van der Waals surface area contributed by atoms with Gasteiger partial charge in [0.15, 0.2) is 0 Å². The van der Waals surface area contributed by atoms with E-state index >= 15 is 4.39 Å². The van der Waals surface area contributed by atoms with Crippen LogP contribution in [0.4, 0.5) is 4.39 Å². The van der Waals surface area contributed by atoms with Crippen molar-refractivity contribution in [2.75, 3.05) is 0 Å². The summed E-state index contributed by atoms with van der Waals surface area (Å²) in [6.07, 6.45) is 2.02. The van der Waals surface area contributed by atoms with Gasteiger partial charge in [0.1, 0.15) is 11.4 Å². The summed E-state index contributed by atoms with van der Waals surface area (Å²) in [5, 5.41) is 4.07. The van der Waals surface area contributed by atoms with Crippen molar-refractivity contribution in [1.82, 2.24) is 19.5 Å². The van der Waals surface area contributed by atoms with Crippen molar-refractivity contribution in [3.63, 3.8) is 0 Å². The maximum atomic E-state index is 16.0. The molecule has 0 aliphatic heterocycles. The molecule has 0 amide bonds. The number of imidazole rings is 1. The Morgan fingerprint density at radius 1 is 0.597 bits per heavy atom. The van der Waals surface area contributed by atoms with Gasteiger partial charge in [-0.25, -0.2) is 4.39 Å². The molecule has 0 unspecified atom stereocenters. The van der Waals surface area contributed by atoms with Crippen molar-refractivity contribution in [3.8, 4) is 50.6 Å². The first-order chi connectivity index (χ1) is 32.1. The maximum Gasteiger partial charge on any atom is 0.147 e. The fourth-order valence-corrected chi connectivity index (χ4v) is 11.0. The quantitative estimate of drug-likeness (QED) is 0.123. The molecule has 5 heterocycles. The molecule has 0 spiro atoms. The number of para-hydroxylation sites is 2. The normalized spacial score (nSPS) is 11.6. The summed E-state index contributed by atoms with van der Waals surface area (Å²) in [6.45, 7) is 4.08. The molecule has 12 aromatic rings. The minimum Gasteiger partial charge on any atom is -0.501 e. The molecule has 5 aromatic heterocycles. The number of aryl methyl sites for hydroxylation is 2.